The molecule has 0 radical (unpaired) electrons. The van der Waals surface area contributed by atoms with Crippen molar-refractivity contribution < 1.29 is 0 Å². The van der Waals surface area contributed by atoms with Gasteiger partial charge in [-0.05, 0) is 19.4 Å². The molecule has 0 fully saturated rings. The lowest BCUT2D eigenvalue weighted by molar-refractivity contribution is 0.779. The number of dihydropyridines is 1. The van der Waals surface area contributed by atoms with Gasteiger partial charge in [-0.1, -0.05) is 24.3 Å². The zero-order valence-corrected chi connectivity index (χ0v) is 6.52. The number of allylic oxidation sites excluding steroid dienone is 2. The molecule has 1 heteroatoms. The van der Waals surface area contributed by atoms with Gasteiger partial charge in [0.15, 0.2) is 0 Å². The predicted octanol–water partition coefficient (Wildman–Crippen LogP) is 1.99. The highest BCUT2D eigenvalue weighted by Gasteiger charge is 2.04. The maximum atomic E-state index is 3.86. The van der Waals surface area contributed by atoms with Gasteiger partial charge in [0.2, 0.25) is 0 Å². The second-order valence-corrected chi connectivity index (χ2v) is 2.74. The third-order valence-electron chi connectivity index (χ3n) is 1.57. The topological polar surface area (TPSA) is 12.0 Å². The lowest BCUT2D eigenvalue weighted by Crippen LogP contribution is -2.24. The molecule has 1 heterocycles. The van der Waals surface area contributed by atoms with Gasteiger partial charge in [-0.15, -0.1) is 0 Å². The van der Waals surface area contributed by atoms with Crippen LogP contribution in [0.4, 0.5) is 0 Å². The molecule has 0 bridgehead atoms. The van der Waals surface area contributed by atoms with Crippen LogP contribution in [0.5, 0.6) is 0 Å². The molecule has 0 aromatic carbocycles. The van der Waals surface area contributed by atoms with Crippen LogP contribution in [-0.2, 0) is 0 Å². The molecule has 0 saturated carbocycles. The highest BCUT2D eigenvalue weighted by molar-refractivity contribution is 5.27. The van der Waals surface area contributed by atoms with E-state index in [0.29, 0.717) is 6.04 Å². The Morgan fingerprint density at radius 3 is 2.80 bits per heavy atom. The molecule has 54 valence electrons. The summed E-state index contributed by atoms with van der Waals surface area (Å²) in [7, 11) is 0. The monoisotopic (exact) mass is 135 g/mol. The smallest absolute Gasteiger partial charge is 0.0650 e. The molecule has 0 aliphatic carbocycles. The quantitative estimate of drug-likeness (QED) is 0.542. The van der Waals surface area contributed by atoms with Crippen molar-refractivity contribution in [1.82, 2.24) is 5.32 Å². The van der Waals surface area contributed by atoms with Crippen molar-refractivity contribution in [2.75, 3.05) is 0 Å². The lowest BCUT2D eigenvalue weighted by atomic mass is 10.1. The van der Waals surface area contributed by atoms with E-state index in [9.17, 15) is 0 Å². The molecule has 1 aliphatic rings. The fourth-order valence-electron chi connectivity index (χ4n) is 0.879. The summed E-state index contributed by atoms with van der Waals surface area (Å²) in [6.07, 6.45) is 6.24. The Hall–Kier alpha value is -0.980. The Morgan fingerprint density at radius 1 is 1.70 bits per heavy atom. The van der Waals surface area contributed by atoms with Gasteiger partial charge in [-0.3, -0.25) is 0 Å². The third-order valence-corrected chi connectivity index (χ3v) is 1.57. The van der Waals surface area contributed by atoms with E-state index in [0.717, 1.165) is 5.57 Å². The van der Waals surface area contributed by atoms with Crippen LogP contribution in [0, 0.1) is 0 Å². The van der Waals surface area contributed by atoms with Gasteiger partial charge in [-0.25, -0.2) is 0 Å². The highest BCUT2D eigenvalue weighted by Crippen LogP contribution is 2.07. The fraction of sp³-hybridized carbons (Fsp3) is 0.333. The van der Waals surface area contributed by atoms with Crippen LogP contribution in [0.25, 0.3) is 0 Å². The van der Waals surface area contributed by atoms with Crippen LogP contribution in [0.1, 0.15) is 13.8 Å². The highest BCUT2D eigenvalue weighted by atomic mass is 14.9. The zero-order chi connectivity index (χ0) is 7.56. The first-order valence-corrected chi connectivity index (χ1v) is 3.46. The van der Waals surface area contributed by atoms with Crippen molar-refractivity contribution in [2.24, 2.45) is 0 Å². The van der Waals surface area contributed by atoms with Crippen LogP contribution in [-0.4, -0.2) is 6.04 Å². The van der Waals surface area contributed by atoms with E-state index in [4.69, 9.17) is 0 Å². The van der Waals surface area contributed by atoms with Gasteiger partial charge in [-0.2, -0.15) is 0 Å². The zero-order valence-electron chi connectivity index (χ0n) is 6.52. The van der Waals surface area contributed by atoms with Crippen molar-refractivity contribution >= 4 is 0 Å². The summed E-state index contributed by atoms with van der Waals surface area (Å²) in [6.45, 7) is 7.95. The van der Waals surface area contributed by atoms with Crippen LogP contribution in [0.15, 0.2) is 36.1 Å². The molecule has 1 unspecified atom stereocenters. The largest absolute Gasteiger partial charge is 0.381 e. The van der Waals surface area contributed by atoms with E-state index < -0.39 is 0 Å². The molecule has 0 saturated heterocycles. The molecule has 1 aliphatic heterocycles. The summed E-state index contributed by atoms with van der Waals surface area (Å²) in [5.41, 5.74) is 2.41. The minimum Gasteiger partial charge on any atom is -0.381 e. The van der Waals surface area contributed by atoms with E-state index in [-0.39, 0.29) is 0 Å². The van der Waals surface area contributed by atoms with Crippen molar-refractivity contribution in [3.63, 3.8) is 0 Å². The van der Waals surface area contributed by atoms with Crippen LogP contribution in [0.3, 0.4) is 0 Å². The summed E-state index contributed by atoms with van der Waals surface area (Å²) in [4.78, 5) is 0. The molecule has 0 aromatic rings. The Labute approximate surface area is 62.1 Å². The van der Waals surface area contributed by atoms with Gasteiger partial charge in [0, 0.05) is 6.20 Å². The molecule has 1 N–H and O–H groups in total. The normalized spacial score (nSPS) is 23.4. The second kappa shape index (κ2) is 2.74. The minimum absolute atomic E-state index is 0.337. The maximum absolute atomic E-state index is 3.86. The molecule has 1 rings (SSSR count). The first-order valence-electron chi connectivity index (χ1n) is 3.46. The lowest BCUT2D eigenvalue weighted by Gasteiger charge is -2.16. The molecule has 0 amide bonds. The average molecular weight is 135 g/mol. The van der Waals surface area contributed by atoms with E-state index in [2.05, 4.69) is 31.0 Å². The van der Waals surface area contributed by atoms with E-state index in [1.54, 1.807) is 0 Å². The second-order valence-electron chi connectivity index (χ2n) is 2.74. The van der Waals surface area contributed by atoms with E-state index >= 15 is 0 Å². The maximum Gasteiger partial charge on any atom is 0.0650 e. The van der Waals surface area contributed by atoms with Crippen molar-refractivity contribution in [2.45, 2.75) is 19.9 Å². The van der Waals surface area contributed by atoms with Gasteiger partial charge in [0.05, 0.1) is 6.04 Å². The van der Waals surface area contributed by atoms with Crippen molar-refractivity contribution in [3.8, 4) is 0 Å². The Balaban J connectivity index is 2.60. The van der Waals surface area contributed by atoms with Crippen LogP contribution >= 0.6 is 0 Å². The molecule has 1 nitrogen and oxygen atoms in total. The molecule has 10 heavy (non-hydrogen) atoms. The van der Waals surface area contributed by atoms with Crippen LogP contribution < -0.4 is 5.32 Å². The Morgan fingerprint density at radius 2 is 2.40 bits per heavy atom. The van der Waals surface area contributed by atoms with Crippen molar-refractivity contribution in [3.05, 3.63) is 36.1 Å². The summed E-state index contributed by atoms with van der Waals surface area (Å²) in [5, 5.41) is 3.22. The first kappa shape index (κ1) is 7.13. The van der Waals surface area contributed by atoms with Gasteiger partial charge in [0.1, 0.15) is 0 Å². The molecular weight excluding hydrogens is 122 g/mol. The summed E-state index contributed by atoms with van der Waals surface area (Å²) in [5.74, 6) is 0. The van der Waals surface area contributed by atoms with Crippen LogP contribution in [0.2, 0.25) is 0 Å². The molecule has 0 spiro atoms. The van der Waals surface area contributed by atoms with Crippen molar-refractivity contribution in [1.29, 1.82) is 0 Å². The first-order chi connectivity index (χ1) is 4.70. The fourth-order valence-corrected chi connectivity index (χ4v) is 0.879. The number of nitrogens with one attached hydrogen (secondary N) is 1. The van der Waals surface area contributed by atoms with E-state index in [1.807, 2.05) is 13.1 Å². The minimum atomic E-state index is 0.337. The average Bonchev–Trinajstić information content (AvgIpc) is 1.88. The molecular formula is C9H13N. The molecule has 1 atom stereocenters. The summed E-state index contributed by atoms with van der Waals surface area (Å²) < 4.78 is 0. The summed E-state index contributed by atoms with van der Waals surface area (Å²) in [6, 6.07) is 0.337. The molecule has 0 aromatic heterocycles. The van der Waals surface area contributed by atoms with Gasteiger partial charge < -0.3 is 5.32 Å². The number of rotatable bonds is 1. The SMILES string of the molecule is C=C(C)C1C=CC(C)=CN1. The summed E-state index contributed by atoms with van der Waals surface area (Å²) >= 11 is 0. The predicted molar refractivity (Wildman–Crippen MR) is 44.6 cm³/mol. The number of hydrogen-bond donors (Lipinski definition) is 1. The van der Waals surface area contributed by atoms with Gasteiger partial charge >= 0.3 is 0 Å². The van der Waals surface area contributed by atoms with E-state index in [1.165, 1.54) is 5.57 Å². The standard InChI is InChI=1S/C9H13N/c1-7(2)9-5-4-8(3)6-10-9/h4-6,9-10H,1H2,2-3H3. The third kappa shape index (κ3) is 1.50. The Bertz CT molecular complexity index is 199. The van der Waals surface area contributed by atoms with Gasteiger partial charge in [0.25, 0.3) is 0 Å². The Kier molecular flexibility index (Phi) is 1.95. The number of hydrogen-bond acceptors (Lipinski definition) is 1.